The molecule has 0 bridgehead atoms. The van der Waals surface area contributed by atoms with E-state index in [1.807, 2.05) is 11.8 Å². The van der Waals surface area contributed by atoms with Crippen LogP contribution in [0.5, 0.6) is 0 Å². The van der Waals surface area contributed by atoms with Gasteiger partial charge in [-0.3, -0.25) is 4.79 Å². The third kappa shape index (κ3) is 2.95. The molecule has 2 rings (SSSR count). The minimum Gasteiger partial charge on any atom is -0.388 e. The summed E-state index contributed by atoms with van der Waals surface area (Å²) in [5.74, 6) is 0.707. The summed E-state index contributed by atoms with van der Waals surface area (Å²) in [5.41, 5.74) is -0.666. The van der Waals surface area contributed by atoms with Gasteiger partial charge in [0.05, 0.1) is 5.60 Å². The highest BCUT2D eigenvalue weighted by molar-refractivity contribution is 5.76. The van der Waals surface area contributed by atoms with E-state index < -0.39 is 5.60 Å². The Morgan fingerprint density at radius 2 is 2.44 bits per heavy atom. The fourth-order valence-corrected chi connectivity index (χ4v) is 2.63. The number of likely N-dealkylation sites (tertiary alicyclic amines) is 1. The van der Waals surface area contributed by atoms with E-state index in [2.05, 4.69) is 5.32 Å². The van der Waals surface area contributed by atoms with Crippen LogP contribution in [0.15, 0.2) is 0 Å². The molecule has 0 spiro atoms. The van der Waals surface area contributed by atoms with Crippen LogP contribution in [0, 0.1) is 5.92 Å². The van der Waals surface area contributed by atoms with E-state index in [1.54, 1.807) is 0 Å². The van der Waals surface area contributed by atoms with Crippen LogP contribution in [0.1, 0.15) is 32.6 Å². The lowest BCUT2D eigenvalue weighted by Gasteiger charge is -2.25. The van der Waals surface area contributed by atoms with Gasteiger partial charge < -0.3 is 15.3 Å². The van der Waals surface area contributed by atoms with Gasteiger partial charge in [0.15, 0.2) is 0 Å². The van der Waals surface area contributed by atoms with Crippen LogP contribution in [0.3, 0.4) is 0 Å². The third-order valence-electron chi connectivity index (χ3n) is 3.67. The lowest BCUT2D eigenvalue weighted by Crippen LogP contribution is -2.37. The average Bonchev–Trinajstić information content (AvgIpc) is 2.60. The molecule has 4 heteroatoms. The molecule has 2 fully saturated rings. The second-order valence-electron chi connectivity index (χ2n) is 5.48. The first-order valence-electron chi connectivity index (χ1n) is 6.28. The molecule has 0 aromatic carbocycles. The zero-order chi connectivity index (χ0) is 11.6. The quantitative estimate of drug-likeness (QED) is 0.715. The Hall–Kier alpha value is -0.610. The first kappa shape index (κ1) is 11.9. The maximum Gasteiger partial charge on any atom is 0.222 e. The van der Waals surface area contributed by atoms with Crippen molar-refractivity contribution < 1.29 is 9.90 Å². The molecule has 0 radical (unpaired) electrons. The standard InChI is InChI=1S/C12H22N2O2/c1-12(16)4-6-14(9-12)11(15)7-10-3-2-5-13-8-10/h10,13,16H,2-9H2,1H3. The normalized spacial score (nSPS) is 35.4. The van der Waals surface area contributed by atoms with Crippen molar-refractivity contribution in [3.63, 3.8) is 0 Å². The van der Waals surface area contributed by atoms with Gasteiger partial charge in [-0.25, -0.2) is 0 Å². The summed E-state index contributed by atoms with van der Waals surface area (Å²) in [5, 5.41) is 13.1. The minimum absolute atomic E-state index is 0.214. The largest absolute Gasteiger partial charge is 0.388 e. The Morgan fingerprint density at radius 1 is 1.62 bits per heavy atom. The fourth-order valence-electron chi connectivity index (χ4n) is 2.63. The second-order valence-corrected chi connectivity index (χ2v) is 5.48. The molecule has 0 saturated carbocycles. The molecular formula is C12H22N2O2. The van der Waals surface area contributed by atoms with E-state index in [0.29, 0.717) is 31.8 Å². The smallest absolute Gasteiger partial charge is 0.222 e. The molecule has 2 saturated heterocycles. The summed E-state index contributed by atoms with van der Waals surface area (Å²) in [7, 11) is 0. The topological polar surface area (TPSA) is 52.6 Å². The SMILES string of the molecule is CC1(O)CCN(C(=O)CC2CCCNC2)C1. The number of piperidine rings is 1. The predicted octanol–water partition coefficient (Wildman–Crippen LogP) is 0.359. The molecule has 0 aromatic rings. The number of rotatable bonds is 2. The number of aliphatic hydroxyl groups is 1. The van der Waals surface area contributed by atoms with Crippen molar-refractivity contribution >= 4 is 5.91 Å². The maximum absolute atomic E-state index is 12.0. The Bertz CT molecular complexity index is 260. The van der Waals surface area contributed by atoms with Crippen molar-refractivity contribution in [2.45, 2.75) is 38.2 Å². The van der Waals surface area contributed by atoms with Gasteiger partial charge in [0.25, 0.3) is 0 Å². The van der Waals surface area contributed by atoms with Crippen LogP contribution in [0.25, 0.3) is 0 Å². The van der Waals surface area contributed by atoms with Gasteiger partial charge in [-0.1, -0.05) is 0 Å². The highest BCUT2D eigenvalue weighted by atomic mass is 16.3. The van der Waals surface area contributed by atoms with Crippen LogP contribution in [-0.2, 0) is 4.79 Å². The van der Waals surface area contributed by atoms with Gasteiger partial charge in [-0.05, 0) is 45.2 Å². The van der Waals surface area contributed by atoms with Crippen molar-refractivity contribution in [2.24, 2.45) is 5.92 Å². The minimum atomic E-state index is -0.666. The second kappa shape index (κ2) is 4.72. The molecule has 2 aliphatic heterocycles. The van der Waals surface area contributed by atoms with Crippen LogP contribution in [0.2, 0.25) is 0 Å². The monoisotopic (exact) mass is 226 g/mol. The lowest BCUT2D eigenvalue weighted by atomic mass is 9.95. The van der Waals surface area contributed by atoms with Gasteiger partial charge in [-0.2, -0.15) is 0 Å². The fraction of sp³-hybridized carbons (Fsp3) is 0.917. The van der Waals surface area contributed by atoms with Gasteiger partial charge in [0.1, 0.15) is 0 Å². The van der Waals surface area contributed by atoms with Crippen LogP contribution < -0.4 is 5.32 Å². The van der Waals surface area contributed by atoms with Crippen LogP contribution in [-0.4, -0.2) is 47.7 Å². The van der Waals surface area contributed by atoms with E-state index >= 15 is 0 Å². The van der Waals surface area contributed by atoms with Crippen LogP contribution >= 0.6 is 0 Å². The molecule has 16 heavy (non-hydrogen) atoms. The first-order valence-corrected chi connectivity index (χ1v) is 6.28. The molecule has 2 atom stereocenters. The average molecular weight is 226 g/mol. The summed E-state index contributed by atoms with van der Waals surface area (Å²) in [6, 6.07) is 0. The van der Waals surface area contributed by atoms with Gasteiger partial charge in [0, 0.05) is 19.5 Å². The molecule has 0 aliphatic carbocycles. The van der Waals surface area contributed by atoms with Crippen molar-refractivity contribution in [3.05, 3.63) is 0 Å². The summed E-state index contributed by atoms with van der Waals surface area (Å²) >= 11 is 0. The number of hydrogen-bond acceptors (Lipinski definition) is 3. The summed E-state index contributed by atoms with van der Waals surface area (Å²) in [6.45, 7) is 5.08. The third-order valence-corrected chi connectivity index (χ3v) is 3.67. The van der Waals surface area contributed by atoms with E-state index in [1.165, 1.54) is 6.42 Å². The first-order chi connectivity index (χ1) is 7.57. The van der Waals surface area contributed by atoms with Crippen LogP contribution in [0.4, 0.5) is 0 Å². The number of hydrogen-bond donors (Lipinski definition) is 2. The molecule has 1 amide bonds. The molecule has 2 aliphatic rings. The Morgan fingerprint density at radius 3 is 3.00 bits per heavy atom. The molecule has 2 N–H and O–H groups in total. The van der Waals surface area contributed by atoms with Crippen molar-refractivity contribution in [1.82, 2.24) is 10.2 Å². The molecule has 0 aromatic heterocycles. The van der Waals surface area contributed by atoms with Gasteiger partial charge in [-0.15, -0.1) is 0 Å². The number of amides is 1. The van der Waals surface area contributed by atoms with Crippen molar-refractivity contribution in [2.75, 3.05) is 26.2 Å². The zero-order valence-corrected chi connectivity index (χ0v) is 10.0. The Labute approximate surface area is 97.0 Å². The highest BCUT2D eigenvalue weighted by Crippen LogP contribution is 2.23. The number of nitrogens with zero attached hydrogens (tertiary/aromatic N) is 1. The Balaban J connectivity index is 1.79. The molecule has 2 heterocycles. The summed E-state index contributed by atoms with van der Waals surface area (Å²) < 4.78 is 0. The van der Waals surface area contributed by atoms with Gasteiger partial charge in [0.2, 0.25) is 5.91 Å². The number of nitrogens with one attached hydrogen (secondary N) is 1. The van der Waals surface area contributed by atoms with E-state index in [9.17, 15) is 9.90 Å². The zero-order valence-electron chi connectivity index (χ0n) is 10.0. The van der Waals surface area contributed by atoms with E-state index in [-0.39, 0.29) is 5.91 Å². The summed E-state index contributed by atoms with van der Waals surface area (Å²) in [6.07, 6.45) is 3.68. The van der Waals surface area contributed by atoms with Crippen molar-refractivity contribution in [1.29, 1.82) is 0 Å². The molecule has 92 valence electrons. The summed E-state index contributed by atoms with van der Waals surface area (Å²) in [4.78, 5) is 13.8. The Kier molecular flexibility index (Phi) is 3.50. The van der Waals surface area contributed by atoms with E-state index in [4.69, 9.17) is 0 Å². The maximum atomic E-state index is 12.0. The van der Waals surface area contributed by atoms with Crippen molar-refractivity contribution in [3.8, 4) is 0 Å². The highest BCUT2D eigenvalue weighted by Gasteiger charge is 2.34. The number of carbonyl (C=O) groups is 1. The van der Waals surface area contributed by atoms with Gasteiger partial charge >= 0.3 is 0 Å². The van der Waals surface area contributed by atoms with E-state index in [0.717, 1.165) is 19.5 Å². The predicted molar refractivity (Wildman–Crippen MR) is 62.0 cm³/mol. The molecule has 2 unspecified atom stereocenters. The molecular weight excluding hydrogens is 204 g/mol. The molecule has 4 nitrogen and oxygen atoms in total. The lowest BCUT2D eigenvalue weighted by molar-refractivity contribution is -0.132. The number of β-amino-alcohol motifs (C(OH)–C–C–N with tert-alkyl or cyclic N) is 1. The number of carbonyl (C=O) groups excluding carboxylic acids is 1.